The molecule has 10 heteroatoms. The van der Waals surface area contributed by atoms with Crippen LogP contribution < -0.4 is 0 Å². The Balaban J connectivity index is 3.06. The molecule has 0 aliphatic carbocycles. The van der Waals surface area contributed by atoms with Crippen molar-refractivity contribution in [3.63, 3.8) is 0 Å². The van der Waals surface area contributed by atoms with E-state index in [1.54, 1.807) is 0 Å². The Hall–Kier alpha value is -1.10. The summed E-state index contributed by atoms with van der Waals surface area (Å²) >= 11 is 0. The minimum Gasteiger partial charge on any atom is -0.379 e. The number of rotatable bonds is 6. The Morgan fingerprint density at radius 3 is 1.70 bits per heavy atom. The van der Waals surface area contributed by atoms with Crippen LogP contribution >= 0.6 is 0 Å². The second kappa shape index (κ2) is 7.64. The molecule has 0 fully saturated rings. The molecule has 0 aliphatic heterocycles. The van der Waals surface area contributed by atoms with Crippen LogP contribution in [-0.2, 0) is 32.1 Å². The zero-order chi connectivity index (χ0) is 17.8. The fourth-order valence-electron chi connectivity index (χ4n) is 1.91. The number of alkyl halides is 6. The number of halogens is 6. The topological polar surface area (TPSA) is 27.7 Å². The molecule has 0 bridgehead atoms. The minimum absolute atomic E-state index is 0.0941. The first-order valence-corrected chi connectivity index (χ1v) is 7.88. The van der Waals surface area contributed by atoms with Crippen LogP contribution in [0.4, 0.5) is 26.3 Å². The lowest BCUT2D eigenvalue weighted by atomic mass is 10.0. The van der Waals surface area contributed by atoms with E-state index in [1.165, 1.54) is 21.1 Å². The third-order valence-corrected chi connectivity index (χ3v) is 4.36. The second-order valence-corrected chi connectivity index (χ2v) is 6.62. The van der Waals surface area contributed by atoms with E-state index in [0.29, 0.717) is 12.1 Å². The number of benzene rings is 1. The Labute approximate surface area is 131 Å². The van der Waals surface area contributed by atoms with Crippen LogP contribution in [0.1, 0.15) is 23.6 Å². The molecule has 0 spiro atoms. The molecule has 0 N–H and O–H groups in total. The first-order valence-electron chi connectivity index (χ1n) is 6.46. The molecule has 1 aromatic carbocycles. The summed E-state index contributed by atoms with van der Waals surface area (Å²) in [7, 11) is 0.265. The molecule has 132 valence electrons. The van der Waals surface area contributed by atoms with Gasteiger partial charge in [-0.05, 0) is 37.1 Å². The van der Waals surface area contributed by atoms with Gasteiger partial charge in [-0.2, -0.15) is 26.3 Å². The van der Waals surface area contributed by atoms with Gasteiger partial charge in [0.15, 0.2) is 0 Å². The minimum atomic E-state index is -4.86. The van der Waals surface area contributed by atoms with Gasteiger partial charge in [-0.1, -0.05) is 0 Å². The molecule has 1 atom stereocenters. The summed E-state index contributed by atoms with van der Waals surface area (Å²) in [5.41, 5.74) is -2.82. The highest BCUT2D eigenvalue weighted by molar-refractivity contribution is 6.36. The molecule has 3 nitrogen and oxygen atoms in total. The molecule has 0 aromatic heterocycles. The van der Waals surface area contributed by atoms with Crippen molar-refractivity contribution in [3.8, 4) is 0 Å². The van der Waals surface area contributed by atoms with Gasteiger partial charge in [0, 0.05) is 14.2 Å². The van der Waals surface area contributed by atoms with Crippen LogP contribution in [0.2, 0.25) is 0 Å². The van der Waals surface area contributed by atoms with E-state index >= 15 is 0 Å². The highest BCUT2D eigenvalue weighted by Crippen LogP contribution is 2.36. The molecule has 1 rings (SSSR count). The Bertz CT molecular complexity index is 481. The van der Waals surface area contributed by atoms with Crippen LogP contribution in [0.25, 0.3) is 0 Å². The lowest BCUT2D eigenvalue weighted by Crippen LogP contribution is -2.29. The quantitative estimate of drug-likeness (QED) is 0.571. The summed E-state index contributed by atoms with van der Waals surface area (Å²) in [5.74, 6) is 0. The van der Waals surface area contributed by atoms with Gasteiger partial charge < -0.3 is 13.3 Å². The van der Waals surface area contributed by atoms with Crippen LogP contribution in [-0.4, -0.2) is 29.9 Å². The molecule has 0 heterocycles. The molecule has 0 aliphatic rings. The largest absolute Gasteiger partial charge is 0.483 e. The lowest BCUT2D eigenvalue weighted by molar-refractivity contribution is -0.143. The Kier molecular flexibility index (Phi) is 6.63. The first kappa shape index (κ1) is 19.9. The van der Waals surface area contributed by atoms with Gasteiger partial charge in [0.1, 0.15) is 0 Å². The molecule has 1 unspecified atom stereocenters. The van der Waals surface area contributed by atoms with Crippen LogP contribution in [0.5, 0.6) is 0 Å². The van der Waals surface area contributed by atoms with Gasteiger partial charge in [0.25, 0.3) is 0 Å². The third kappa shape index (κ3) is 6.13. The summed E-state index contributed by atoms with van der Waals surface area (Å²) < 4.78 is 91.7. The second-order valence-electron chi connectivity index (χ2n) is 4.83. The summed E-state index contributed by atoms with van der Waals surface area (Å²) in [4.78, 5) is 0. The predicted molar refractivity (Wildman–Crippen MR) is 71.9 cm³/mol. The van der Waals surface area contributed by atoms with E-state index < -0.39 is 39.1 Å². The van der Waals surface area contributed by atoms with Crippen molar-refractivity contribution < 1.29 is 39.6 Å². The maximum absolute atomic E-state index is 12.8. The fourth-order valence-corrected chi connectivity index (χ4v) is 2.80. The zero-order valence-electron chi connectivity index (χ0n) is 12.6. The van der Waals surface area contributed by atoms with Gasteiger partial charge >= 0.3 is 21.9 Å². The average molecular weight is 362 g/mol. The van der Waals surface area contributed by atoms with E-state index in [9.17, 15) is 26.3 Å². The maximum atomic E-state index is 12.8. The van der Waals surface area contributed by atoms with Crippen molar-refractivity contribution in [2.45, 2.75) is 31.8 Å². The first-order chi connectivity index (χ1) is 10.5. The SMILES string of the molecule is CO[SiH](OC)OC(C)Cc1cc(C(F)(F)F)cc(C(F)(F)F)c1. The Morgan fingerprint density at radius 2 is 1.35 bits per heavy atom. The van der Waals surface area contributed by atoms with Crippen LogP contribution in [0.3, 0.4) is 0 Å². The summed E-state index contributed by atoms with van der Waals surface area (Å²) in [5, 5.41) is 0. The zero-order valence-corrected chi connectivity index (χ0v) is 13.7. The van der Waals surface area contributed by atoms with Crippen LogP contribution in [0.15, 0.2) is 18.2 Å². The molecule has 0 saturated carbocycles. The fraction of sp³-hybridized carbons (Fsp3) is 0.538. The molecular formula is C13H16F6O3Si. The monoisotopic (exact) mass is 362 g/mol. The summed E-state index contributed by atoms with van der Waals surface area (Å²) in [6.07, 6.45) is -10.5. The normalized spacial score (nSPS) is 14.3. The summed E-state index contributed by atoms with van der Waals surface area (Å²) in [6, 6.07) is 1.47. The van der Waals surface area contributed by atoms with Gasteiger partial charge in [0.2, 0.25) is 0 Å². The van der Waals surface area contributed by atoms with Gasteiger partial charge in [-0.3, -0.25) is 0 Å². The molecule has 0 radical (unpaired) electrons. The van der Waals surface area contributed by atoms with E-state index in [1.807, 2.05) is 0 Å². The van der Waals surface area contributed by atoms with Gasteiger partial charge in [-0.15, -0.1) is 0 Å². The smallest absolute Gasteiger partial charge is 0.379 e. The van der Waals surface area contributed by atoms with Crippen molar-refractivity contribution in [2.75, 3.05) is 14.2 Å². The highest BCUT2D eigenvalue weighted by atomic mass is 28.3. The molecule has 1 aromatic rings. The molecule has 0 amide bonds. The van der Waals surface area contributed by atoms with Crippen molar-refractivity contribution in [1.29, 1.82) is 0 Å². The Morgan fingerprint density at radius 1 is 0.913 bits per heavy atom. The molecule has 23 heavy (non-hydrogen) atoms. The van der Waals surface area contributed by atoms with Crippen LogP contribution in [0, 0.1) is 0 Å². The number of hydrogen-bond donors (Lipinski definition) is 0. The van der Waals surface area contributed by atoms with E-state index in [-0.39, 0.29) is 18.1 Å². The summed E-state index contributed by atoms with van der Waals surface area (Å²) in [6.45, 7) is 1.52. The maximum Gasteiger partial charge on any atom is 0.483 e. The van der Waals surface area contributed by atoms with Gasteiger partial charge in [-0.25, -0.2) is 0 Å². The molecular weight excluding hydrogens is 346 g/mol. The standard InChI is InChI=1S/C13H16F6O3Si/c1-8(22-23(20-2)21-3)4-9-5-10(12(14,15)16)7-11(6-9)13(17,18)19/h5-8,23H,4H2,1-3H3. The van der Waals surface area contributed by atoms with Crippen molar-refractivity contribution in [3.05, 3.63) is 34.9 Å². The third-order valence-electron chi connectivity index (χ3n) is 2.90. The lowest BCUT2D eigenvalue weighted by Gasteiger charge is -2.19. The van der Waals surface area contributed by atoms with Crippen molar-refractivity contribution in [2.24, 2.45) is 0 Å². The van der Waals surface area contributed by atoms with E-state index in [0.717, 1.165) is 0 Å². The highest BCUT2D eigenvalue weighted by Gasteiger charge is 2.37. The van der Waals surface area contributed by atoms with Crippen molar-refractivity contribution in [1.82, 2.24) is 0 Å². The average Bonchev–Trinajstić information content (AvgIpc) is 2.42. The van der Waals surface area contributed by atoms with E-state index in [4.69, 9.17) is 13.3 Å². The van der Waals surface area contributed by atoms with E-state index in [2.05, 4.69) is 0 Å². The predicted octanol–water partition coefficient (Wildman–Crippen LogP) is 3.68. The van der Waals surface area contributed by atoms with Gasteiger partial charge in [0.05, 0.1) is 17.2 Å². The number of hydrogen-bond acceptors (Lipinski definition) is 3. The molecule has 0 saturated heterocycles. The van der Waals surface area contributed by atoms with Crippen molar-refractivity contribution >= 4 is 9.53 Å².